The van der Waals surface area contributed by atoms with Gasteiger partial charge in [-0.3, -0.25) is 9.36 Å². The van der Waals surface area contributed by atoms with E-state index in [-0.39, 0.29) is 16.4 Å². The first-order valence-electron chi connectivity index (χ1n) is 7.05. The fourth-order valence-electron chi connectivity index (χ4n) is 2.18. The first kappa shape index (κ1) is 15.4. The molecule has 1 aromatic heterocycles. The van der Waals surface area contributed by atoms with Gasteiger partial charge in [-0.1, -0.05) is 29.0 Å². The Morgan fingerprint density at radius 1 is 0.917 bits per heavy atom. The molecule has 0 spiro atoms. The Kier molecular flexibility index (Phi) is 3.83. The van der Waals surface area contributed by atoms with Crippen LogP contribution in [0.25, 0.3) is 11.1 Å². The van der Waals surface area contributed by atoms with E-state index < -0.39 is 11.2 Å². The van der Waals surface area contributed by atoms with Gasteiger partial charge in [0.2, 0.25) is 5.88 Å². The first-order chi connectivity index (χ1) is 11.5. The zero-order chi connectivity index (χ0) is 17.3. The molecule has 0 aliphatic heterocycles. The van der Waals surface area contributed by atoms with Crippen LogP contribution in [-0.4, -0.2) is 19.6 Å². The Morgan fingerprint density at radius 3 is 2.04 bits per heavy atom. The summed E-state index contributed by atoms with van der Waals surface area (Å²) in [7, 11) is 1.38. The molecule has 0 atom stereocenters. The average Bonchev–Trinajstić information content (AvgIpc) is 2.59. The van der Waals surface area contributed by atoms with Crippen molar-refractivity contribution in [3.63, 3.8) is 0 Å². The van der Waals surface area contributed by atoms with Crippen molar-refractivity contribution in [3.8, 4) is 28.5 Å². The van der Waals surface area contributed by atoms with E-state index in [1.807, 2.05) is 12.1 Å². The Balaban J connectivity index is 1.89. The SMILES string of the molecule is Cn1c(Oc2ccc(-c3ccc(O)cc3)cc2)cc(=O)n(O)c1=O. The summed E-state index contributed by atoms with van der Waals surface area (Å²) in [6.07, 6.45) is 0. The number of aromatic nitrogens is 2. The van der Waals surface area contributed by atoms with Gasteiger partial charge in [0.25, 0.3) is 5.56 Å². The van der Waals surface area contributed by atoms with Crippen molar-refractivity contribution in [2.45, 2.75) is 0 Å². The van der Waals surface area contributed by atoms with E-state index in [9.17, 15) is 19.9 Å². The fraction of sp³-hybridized carbons (Fsp3) is 0.0588. The van der Waals surface area contributed by atoms with Crippen LogP contribution in [0.15, 0.2) is 64.2 Å². The van der Waals surface area contributed by atoms with Crippen LogP contribution < -0.4 is 16.0 Å². The Morgan fingerprint density at radius 2 is 1.46 bits per heavy atom. The summed E-state index contributed by atoms with van der Waals surface area (Å²) in [5.41, 5.74) is 0.0867. The molecule has 3 aromatic rings. The molecule has 2 aromatic carbocycles. The molecule has 0 bridgehead atoms. The molecule has 1 heterocycles. The maximum atomic E-state index is 11.6. The van der Waals surface area contributed by atoms with Crippen molar-refractivity contribution in [2.24, 2.45) is 7.05 Å². The number of hydrogen-bond acceptors (Lipinski definition) is 5. The maximum absolute atomic E-state index is 11.6. The van der Waals surface area contributed by atoms with Gasteiger partial charge < -0.3 is 15.1 Å². The largest absolute Gasteiger partial charge is 0.508 e. The summed E-state index contributed by atoms with van der Waals surface area (Å²) >= 11 is 0. The molecular formula is C17H14N2O5. The maximum Gasteiger partial charge on any atom is 0.366 e. The van der Waals surface area contributed by atoms with Crippen LogP contribution in [0, 0.1) is 0 Å². The van der Waals surface area contributed by atoms with Crippen LogP contribution in [0.4, 0.5) is 0 Å². The number of nitrogens with zero attached hydrogens (tertiary/aromatic N) is 2. The Labute approximate surface area is 136 Å². The van der Waals surface area contributed by atoms with Gasteiger partial charge in [0.05, 0.1) is 6.07 Å². The molecule has 0 saturated heterocycles. The Bertz CT molecular complexity index is 985. The number of ether oxygens (including phenoxy) is 1. The first-order valence-corrected chi connectivity index (χ1v) is 7.05. The van der Waals surface area contributed by atoms with Crippen molar-refractivity contribution in [1.82, 2.24) is 9.30 Å². The monoisotopic (exact) mass is 326 g/mol. The van der Waals surface area contributed by atoms with Crippen LogP contribution in [0.3, 0.4) is 0 Å². The molecule has 0 aliphatic carbocycles. The van der Waals surface area contributed by atoms with E-state index in [1.165, 1.54) is 7.05 Å². The van der Waals surface area contributed by atoms with E-state index in [0.29, 0.717) is 5.75 Å². The van der Waals surface area contributed by atoms with Crippen LogP contribution >= 0.6 is 0 Å². The topological polar surface area (TPSA) is 93.7 Å². The van der Waals surface area contributed by atoms with Gasteiger partial charge in [-0.15, -0.1) is 0 Å². The van der Waals surface area contributed by atoms with Gasteiger partial charge in [-0.05, 0) is 35.4 Å². The third-order valence-corrected chi connectivity index (χ3v) is 3.53. The van der Waals surface area contributed by atoms with Crippen molar-refractivity contribution >= 4 is 0 Å². The number of aromatic hydroxyl groups is 1. The average molecular weight is 326 g/mol. The van der Waals surface area contributed by atoms with Gasteiger partial charge in [0.1, 0.15) is 11.5 Å². The summed E-state index contributed by atoms with van der Waals surface area (Å²) in [5, 5.41) is 18.6. The van der Waals surface area contributed by atoms with E-state index in [0.717, 1.165) is 21.8 Å². The lowest BCUT2D eigenvalue weighted by atomic mass is 10.1. The molecule has 0 unspecified atom stereocenters. The normalized spacial score (nSPS) is 10.5. The molecular weight excluding hydrogens is 312 g/mol. The number of hydrogen-bond donors (Lipinski definition) is 2. The highest BCUT2D eigenvalue weighted by Crippen LogP contribution is 2.26. The number of benzene rings is 2. The molecule has 2 N–H and O–H groups in total. The predicted octanol–water partition coefficient (Wildman–Crippen LogP) is 1.95. The molecule has 0 saturated carbocycles. The minimum absolute atomic E-state index is 0.0147. The third-order valence-electron chi connectivity index (χ3n) is 3.53. The highest BCUT2D eigenvalue weighted by atomic mass is 16.5. The molecule has 0 aliphatic rings. The molecule has 3 rings (SSSR count). The van der Waals surface area contributed by atoms with Gasteiger partial charge in [0.15, 0.2) is 0 Å². The molecule has 7 heteroatoms. The second kappa shape index (κ2) is 5.96. The number of phenols is 1. The number of phenolic OH excluding ortho intramolecular Hbond substituents is 1. The lowest BCUT2D eigenvalue weighted by Gasteiger charge is -2.10. The van der Waals surface area contributed by atoms with E-state index in [2.05, 4.69) is 0 Å². The van der Waals surface area contributed by atoms with E-state index >= 15 is 0 Å². The predicted molar refractivity (Wildman–Crippen MR) is 86.7 cm³/mol. The van der Waals surface area contributed by atoms with Crippen molar-refractivity contribution in [2.75, 3.05) is 0 Å². The molecule has 0 radical (unpaired) electrons. The van der Waals surface area contributed by atoms with E-state index in [4.69, 9.17) is 4.74 Å². The van der Waals surface area contributed by atoms with Crippen LogP contribution in [0.5, 0.6) is 17.4 Å². The second-order valence-corrected chi connectivity index (χ2v) is 5.15. The number of rotatable bonds is 3. The zero-order valence-corrected chi connectivity index (χ0v) is 12.7. The van der Waals surface area contributed by atoms with Crippen molar-refractivity contribution in [3.05, 3.63) is 75.4 Å². The highest BCUT2D eigenvalue weighted by Gasteiger charge is 2.09. The summed E-state index contributed by atoms with van der Waals surface area (Å²) in [6, 6.07) is 14.8. The third kappa shape index (κ3) is 2.87. The lowest BCUT2D eigenvalue weighted by Crippen LogP contribution is -2.37. The molecule has 0 amide bonds. The summed E-state index contributed by atoms with van der Waals surface area (Å²) < 4.78 is 6.57. The fourth-order valence-corrected chi connectivity index (χ4v) is 2.18. The van der Waals surface area contributed by atoms with Gasteiger partial charge in [-0.25, -0.2) is 4.79 Å². The van der Waals surface area contributed by atoms with Crippen molar-refractivity contribution < 1.29 is 15.1 Å². The highest BCUT2D eigenvalue weighted by molar-refractivity contribution is 5.64. The van der Waals surface area contributed by atoms with Crippen LogP contribution in [-0.2, 0) is 7.05 Å². The molecule has 24 heavy (non-hydrogen) atoms. The zero-order valence-electron chi connectivity index (χ0n) is 12.7. The van der Waals surface area contributed by atoms with Crippen LogP contribution in [0.1, 0.15) is 0 Å². The van der Waals surface area contributed by atoms with E-state index in [1.54, 1.807) is 36.4 Å². The second-order valence-electron chi connectivity index (χ2n) is 5.15. The Hall–Kier alpha value is -3.48. The van der Waals surface area contributed by atoms with Crippen LogP contribution in [0.2, 0.25) is 0 Å². The summed E-state index contributed by atoms with van der Waals surface area (Å²) in [5.74, 6) is 0.647. The quantitative estimate of drug-likeness (QED) is 0.718. The molecule has 7 nitrogen and oxygen atoms in total. The van der Waals surface area contributed by atoms with Gasteiger partial charge in [-0.2, -0.15) is 0 Å². The van der Waals surface area contributed by atoms with Gasteiger partial charge >= 0.3 is 5.69 Å². The van der Waals surface area contributed by atoms with Crippen molar-refractivity contribution in [1.29, 1.82) is 0 Å². The summed E-state index contributed by atoms with van der Waals surface area (Å²) in [4.78, 5) is 23.1. The smallest absolute Gasteiger partial charge is 0.366 e. The standard InChI is InChI=1S/C17H14N2O5/c1-18-16(10-15(21)19(23)17(18)22)24-14-8-4-12(5-9-14)11-2-6-13(20)7-3-11/h2-10,20,23H,1H3. The summed E-state index contributed by atoms with van der Waals surface area (Å²) in [6.45, 7) is 0. The minimum Gasteiger partial charge on any atom is -0.508 e. The lowest BCUT2D eigenvalue weighted by molar-refractivity contribution is 0.153. The molecule has 122 valence electrons. The molecule has 0 fully saturated rings. The van der Waals surface area contributed by atoms with Gasteiger partial charge in [0, 0.05) is 7.05 Å². The minimum atomic E-state index is -0.891.